The molecule has 158 valence electrons. The van der Waals surface area contributed by atoms with Crippen LogP contribution in [-0.2, 0) is 26.0 Å². The number of hydrogen-bond acceptors (Lipinski definition) is 5. The van der Waals surface area contributed by atoms with Gasteiger partial charge < -0.3 is 14.8 Å². The number of sulfonamides is 1. The van der Waals surface area contributed by atoms with Gasteiger partial charge in [0.1, 0.15) is 5.75 Å². The van der Waals surface area contributed by atoms with Gasteiger partial charge in [0.25, 0.3) is 0 Å². The van der Waals surface area contributed by atoms with Crippen LogP contribution in [0, 0.1) is 0 Å². The molecule has 0 bridgehead atoms. The molecule has 0 spiro atoms. The van der Waals surface area contributed by atoms with E-state index in [9.17, 15) is 13.2 Å². The van der Waals surface area contributed by atoms with Crippen molar-refractivity contribution in [2.75, 3.05) is 33.4 Å². The van der Waals surface area contributed by atoms with Crippen molar-refractivity contribution >= 4 is 15.9 Å². The molecule has 1 saturated heterocycles. The molecular weight excluding hydrogens is 380 g/mol. The van der Waals surface area contributed by atoms with Gasteiger partial charge in [0, 0.05) is 32.7 Å². The fourth-order valence-electron chi connectivity index (χ4n) is 3.14. The van der Waals surface area contributed by atoms with Gasteiger partial charge >= 0.3 is 0 Å². The Morgan fingerprint density at radius 2 is 1.96 bits per heavy atom. The maximum Gasteiger partial charge on any atom is 0.243 e. The molecule has 1 fully saturated rings. The Labute approximate surface area is 168 Å². The van der Waals surface area contributed by atoms with E-state index in [0.29, 0.717) is 38.4 Å². The standard InChI is InChI=1S/C20H32N2O5S/c1-16(2)27-14-6-11-21-20(23)10-7-17-15-18(8-9-19(17)26-3)28(24,25)22-12-4-5-13-22/h8-9,15-16H,4-7,10-14H2,1-3H3,(H,21,23). The summed E-state index contributed by atoms with van der Waals surface area (Å²) in [6.07, 6.45) is 3.42. The third-order valence-electron chi connectivity index (χ3n) is 4.67. The molecule has 1 heterocycles. The summed E-state index contributed by atoms with van der Waals surface area (Å²) in [6, 6.07) is 4.88. The van der Waals surface area contributed by atoms with E-state index in [2.05, 4.69) is 5.32 Å². The molecule has 8 heteroatoms. The second-order valence-corrected chi connectivity index (χ2v) is 9.15. The number of carbonyl (C=O) groups excluding carboxylic acids is 1. The van der Waals surface area contributed by atoms with Crippen molar-refractivity contribution in [1.82, 2.24) is 9.62 Å². The number of rotatable bonds is 11. The van der Waals surface area contributed by atoms with Gasteiger partial charge in [-0.25, -0.2) is 8.42 Å². The predicted molar refractivity (Wildman–Crippen MR) is 108 cm³/mol. The van der Waals surface area contributed by atoms with Crippen molar-refractivity contribution < 1.29 is 22.7 Å². The number of nitrogens with zero attached hydrogens (tertiary/aromatic N) is 1. The largest absolute Gasteiger partial charge is 0.496 e. The summed E-state index contributed by atoms with van der Waals surface area (Å²) in [6.45, 7) is 6.25. The van der Waals surface area contributed by atoms with Crippen molar-refractivity contribution in [2.45, 2.75) is 57.0 Å². The summed E-state index contributed by atoms with van der Waals surface area (Å²) in [4.78, 5) is 12.3. The van der Waals surface area contributed by atoms with E-state index in [0.717, 1.165) is 24.8 Å². The third kappa shape index (κ3) is 6.46. The maximum atomic E-state index is 12.8. The summed E-state index contributed by atoms with van der Waals surface area (Å²) in [5.41, 5.74) is 0.723. The molecule has 0 aliphatic carbocycles. The van der Waals surface area contributed by atoms with Crippen LogP contribution in [0.5, 0.6) is 5.75 Å². The number of aryl methyl sites for hydroxylation is 1. The van der Waals surface area contributed by atoms with E-state index in [1.807, 2.05) is 13.8 Å². The first-order valence-corrected chi connectivity index (χ1v) is 11.3. The van der Waals surface area contributed by atoms with Crippen LogP contribution in [0.1, 0.15) is 45.1 Å². The van der Waals surface area contributed by atoms with Crippen LogP contribution >= 0.6 is 0 Å². The second-order valence-electron chi connectivity index (χ2n) is 7.21. The summed E-state index contributed by atoms with van der Waals surface area (Å²) in [7, 11) is -1.95. The first kappa shape index (κ1) is 22.6. The van der Waals surface area contributed by atoms with Crippen molar-refractivity contribution in [3.63, 3.8) is 0 Å². The smallest absolute Gasteiger partial charge is 0.243 e. The average Bonchev–Trinajstić information content (AvgIpc) is 3.21. The maximum absolute atomic E-state index is 12.8. The lowest BCUT2D eigenvalue weighted by atomic mass is 10.1. The van der Waals surface area contributed by atoms with E-state index in [4.69, 9.17) is 9.47 Å². The zero-order chi connectivity index (χ0) is 20.6. The number of carbonyl (C=O) groups is 1. The van der Waals surface area contributed by atoms with Gasteiger partial charge in [-0.05, 0) is 63.3 Å². The first-order valence-electron chi connectivity index (χ1n) is 9.90. The Bertz CT molecular complexity index is 743. The molecule has 0 radical (unpaired) electrons. The van der Waals surface area contributed by atoms with Crippen molar-refractivity contribution in [1.29, 1.82) is 0 Å². The fraction of sp³-hybridized carbons (Fsp3) is 0.650. The molecular formula is C20H32N2O5S. The minimum Gasteiger partial charge on any atom is -0.496 e. The molecule has 7 nitrogen and oxygen atoms in total. The van der Waals surface area contributed by atoms with E-state index >= 15 is 0 Å². The van der Waals surface area contributed by atoms with Crippen LogP contribution in [0.25, 0.3) is 0 Å². The Morgan fingerprint density at radius 1 is 1.25 bits per heavy atom. The Kier molecular flexibility index (Phi) is 8.72. The fourth-order valence-corrected chi connectivity index (χ4v) is 4.71. The summed E-state index contributed by atoms with van der Waals surface area (Å²) < 4.78 is 37.8. The lowest BCUT2D eigenvalue weighted by Crippen LogP contribution is -2.28. The van der Waals surface area contributed by atoms with E-state index in [-0.39, 0.29) is 23.3 Å². The molecule has 1 aliphatic heterocycles. The predicted octanol–water partition coefficient (Wildman–Crippen LogP) is 2.34. The monoisotopic (exact) mass is 412 g/mol. The van der Waals surface area contributed by atoms with Gasteiger partial charge in [-0.15, -0.1) is 0 Å². The topological polar surface area (TPSA) is 84.9 Å². The van der Waals surface area contributed by atoms with Gasteiger partial charge in [-0.1, -0.05) is 0 Å². The zero-order valence-electron chi connectivity index (χ0n) is 17.1. The number of nitrogens with one attached hydrogen (secondary N) is 1. The van der Waals surface area contributed by atoms with Gasteiger partial charge in [-0.2, -0.15) is 4.31 Å². The SMILES string of the molecule is COc1ccc(S(=O)(=O)N2CCCC2)cc1CCC(=O)NCCCOC(C)C. The lowest BCUT2D eigenvalue weighted by Gasteiger charge is -2.17. The number of methoxy groups -OCH3 is 1. The first-order chi connectivity index (χ1) is 13.3. The molecule has 0 atom stereocenters. The highest BCUT2D eigenvalue weighted by atomic mass is 32.2. The Hall–Kier alpha value is -1.64. The lowest BCUT2D eigenvalue weighted by molar-refractivity contribution is -0.121. The molecule has 2 rings (SSSR count). The quantitative estimate of drug-likeness (QED) is 0.564. The Morgan fingerprint density at radius 3 is 2.61 bits per heavy atom. The third-order valence-corrected chi connectivity index (χ3v) is 6.57. The average molecular weight is 413 g/mol. The number of ether oxygens (including phenoxy) is 2. The molecule has 0 saturated carbocycles. The minimum absolute atomic E-state index is 0.0700. The minimum atomic E-state index is -3.49. The van der Waals surface area contributed by atoms with Crippen LogP contribution < -0.4 is 10.1 Å². The Balaban J connectivity index is 1.94. The van der Waals surface area contributed by atoms with Crippen LogP contribution in [0.2, 0.25) is 0 Å². The van der Waals surface area contributed by atoms with Gasteiger partial charge in [0.15, 0.2) is 0 Å². The molecule has 28 heavy (non-hydrogen) atoms. The molecule has 0 aromatic heterocycles. The van der Waals surface area contributed by atoms with E-state index < -0.39 is 10.0 Å². The van der Waals surface area contributed by atoms with E-state index in [1.165, 1.54) is 4.31 Å². The van der Waals surface area contributed by atoms with Crippen molar-refractivity contribution in [3.05, 3.63) is 23.8 Å². The highest BCUT2D eigenvalue weighted by molar-refractivity contribution is 7.89. The van der Waals surface area contributed by atoms with Crippen molar-refractivity contribution in [2.24, 2.45) is 0 Å². The number of hydrogen-bond donors (Lipinski definition) is 1. The summed E-state index contributed by atoms with van der Waals surface area (Å²) in [5, 5.41) is 2.87. The molecule has 0 unspecified atom stereocenters. The van der Waals surface area contributed by atoms with Crippen LogP contribution in [0.15, 0.2) is 23.1 Å². The second kappa shape index (κ2) is 10.8. The molecule has 1 aromatic rings. The summed E-state index contributed by atoms with van der Waals surface area (Å²) >= 11 is 0. The number of benzene rings is 1. The van der Waals surface area contributed by atoms with Gasteiger partial charge in [0.05, 0.1) is 18.1 Å². The van der Waals surface area contributed by atoms with Gasteiger partial charge in [-0.3, -0.25) is 4.79 Å². The van der Waals surface area contributed by atoms with Crippen molar-refractivity contribution in [3.8, 4) is 5.75 Å². The zero-order valence-corrected chi connectivity index (χ0v) is 17.9. The highest BCUT2D eigenvalue weighted by Gasteiger charge is 2.27. The molecule has 1 amide bonds. The molecule has 1 N–H and O–H groups in total. The van der Waals surface area contributed by atoms with Crippen LogP contribution in [0.3, 0.4) is 0 Å². The normalized spacial score (nSPS) is 15.1. The number of amides is 1. The van der Waals surface area contributed by atoms with Crippen LogP contribution in [-0.4, -0.2) is 58.1 Å². The van der Waals surface area contributed by atoms with E-state index in [1.54, 1.807) is 25.3 Å². The molecule has 1 aromatic carbocycles. The van der Waals surface area contributed by atoms with Gasteiger partial charge in [0.2, 0.25) is 15.9 Å². The van der Waals surface area contributed by atoms with Crippen LogP contribution in [0.4, 0.5) is 0 Å². The summed E-state index contributed by atoms with van der Waals surface area (Å²) in [5.74, 6) is 0.526. The molecule has 1 aliphatic rings. The highest BCUT2D eigenvalue weighted by Crippen LogP contribution is 2.27.